The van der Waals surface area contributed by atoms with Crippen LogP contribution in [-0.4, -0.2) is 51.6 Å². The van der Waals surface area contributed by atoms with E-state index in [-0.39, 0.29) is 11.9 Å². The average Bonchev–Trinajstić information content (AvgIpc) is 2.85. The Hall–Kier alpha value is -2.93. The Kier molecular flexibility index (Phi) is 9.12. The van der Waals surface area contributed by atoms with Crippen LogP contribution in [0.2, 0.25) is 0 Å². The van der Waals surface area contributed by atoms with Crippen molar-refractivity contribution in [2.24, 2.45) is 5.92 Å². The lowest BCUT2D eigenvalue weighted by Crippen LogP contribution is -2.42. The Morgan fingerprint density at radius 1 is 1.03 bits per heavy atom. The minimum atomic E-state index is -0.000776. The van der Waals surface area contributed by atoms with E-state index in [9.17, 15) is 4.79 Å². The maximum Gasteiger partial charge on any atom is 0.223 e. The number of amides is 1. The van der Waals surface area contributed by atoms with Gasteiger partial charge in [0.25, 0.3) is 0 Å². The molecule has 1 amide bonds. The maximum atomic E-state index is 12.8. The Balaban J connectivity index is 1.30. The fraction of sp³-hybridized carbons (Fsp3) is 0.536. The highest BCUT2D eigenvalue weighted by Crippen LogP contribution is 2.35. The zero-order valence-electron chi connectivity index (χ0n) is 20.8. The van der Waals surface area contributed by atoms with E-state index in [4.69, 9.17) is 23.7 Å². The molecule has 190 valence electrons. The molecule has 1 saturated carbocycles. The van der Waals surface area contributed by atoms with E-state index < -0.39 is 0 Å². The monoisotopic (exact) mass is 483 g/mol. The summed E-state index contributed by atoms with van der Waals surface area (Å²) >= 11 is 0. The number of carbonyl (C=O) groups excluding carboxylic acids is 1. The highest BCUT2D eigenvalue weighted by molar-refractivity contribution is 5.76. The Bertz CT molecular complexity index is 941. The summed E-state index contributed by atoms with van der Waals surface area (Å²) in [5.74, 6) is 3.62. The lowest BCUT2D eigenvalue weighted by atomic mass is 9.77. The highest BCUT2D eigenvalue weighted by Gasteiger charge is 2.32. The molecule has 35 heavy (non-hydrogen) atoms. The lowest BCUT2D eigenvalue weighted by molar-refractivity contribution is -0.122. The van der Waals surface area contributed by atoms with Crippen LogP contribution < -0.4 is 24.3 Å². The summed E-state index contributed by atoms with van der Waals surface area (Å²) in [7, 11) is 1.63. The van der Waals surface area contributed by atoms with Gasteiger partial charge in [-0.1, -0.05) is 13.0 Å². The molecule has 2 aliphatic rings. The largest absolute Gasteiger partial charge is 0.497 e. The van der Waals surface area contributed by atoms with Crippen LogP contribution in [0.5, 0.6) is 23.0 Å². The van der Waals surface area contributed by atoms with E-state index in [0.29, 0.717) is 38.3 Å². The summed E-state index contributed by atoms with van der Waals surface area (Å²) in [6.07, 6.45) is 5.52. The molecule has 1 heterocycles. The van der Waals surface area contributed by atoms with Gasteiger partial charge >= 0.3 is 0 Å². The summed E-state index contributed by atoms with van der Waals surface area (Å²) in [6, 6.07) is 13.5. The van der Waals surface area contributed by atoms with Crippen molar-refractivity contribution in [2.75, 3.05) is 33.5 Å². The molecular formula is C28H37NO6. The van der Waals surface area contributed by atoms with Crippen molar-refractivity contribution in [1.29, 1.82) is 0 Å². The predicted octanol–water partition coefficient (Wildman–Crippen LogP) is 4.56. The number of nitrogens with one attached hydrogen (secondary N) is 1. The third-order valence-corrected chi connectivity index (χ3v) is 6.48. The Morgan fingerprint density at radius 2 is 1.77 bits per heavy atom. The van der Waals surface area contributed by atoms with Crippen molar-refractivity contribution < 1.29 is 28.5 Å². The van der Waals surface area contributed by atoms with Gasteiger partial charge in [0.05, 0.1) is 26.2 Å². The van der Waals surface area contributed by atoms with Crippen molar-refractivity contribution in [3.63, 3.8) is 0 Å². The van der Waals surface area contributed by atoms with Crippen LogP contribution in [0.1, 0.15) is 44.6 Å². The molecule has 1 aliphatic heterocycles. The smallest absolute Gasteiger partial charge is 0.223 e. The maximum absolute atomic E-state index is 12.8. The topological polar surface area (TPSA) is 75.2 Å². The number of benzene rings is 2. The van der Waals surface area contributed by atoms with Gasteiger partial charge in [0, 0.05) is 12.6 Å². The van der Waals surface area contributed by atoms with Gasteiger partial charge in [-0.15, -0.1) is 0 Å². The van der Waals surface area contributed by atoms with Crippen molar-refractivity contribution in [3.8, 4) is 23.0 Å². The standard InChI is InChI=1S/C28H37NO6/c1-3-11-32-25-17-21(18-25)16-22(15-20-4-9-26-27(19-20)35-14-13-34-26)29-28(30)10-12-33-24-7-5-23(31-2)6-8-24/h4-9,19,21-22,25H,3,10-18H2,1-2H3,(H,29,30). The first kappa shape index (κ1) is 25.2. The van der Waals surface area contributed by atoms with Gasteiger partial charge in [0.15, 0.2) is 11.5 Å². The fourth-order valence-electron chi connectivity index (χ4n) is 4.62. The first-order chi connectivity index (χ1) is 17.1. The van der Waals surface area contributed by atoms with Gasteiger partial charge in [0.2, 0.25) is 5.91 Å². The van der Waals surface area contributed by atoms with Gasteiger partial charge in [-0.05, 0) is 80.0 Å². The van der Waals surface area contributed by atoms with Gasteiger partial charge in [-0.25, -0.2) is 0 Å². The summed E-state index contributed by atoms with van der Waals surface area (Å²) in [5, 5.41) is 3.26. The third-order valence-electron chi connectivity index (χ3n) is 6.48. The molecule has 1 atom stereocenters. The van der Waals surface area contributed by atoms with E-state index in [2.05, 4.69) is 18.3 Å². The number of fused-ring (bicyclic) bond motifs is 1. The number of ether oxygens (including phenoxy) is 5. The minimum Gasteiger partial charge on any atom is -0.497 e. The molecule has 0 saturated heterocycles. The van der Waals surface area contributed by atoms with Gasteiger partial charge in [-0.2, -0.15) is 0 Å². The average molecular weight is 484 g/mol. The van der Waals surface area contributed by atoms with Crippen LogP contribution in [-0.2, 0) is 16.0 Å². The Labute approximate surface area is 208 Å². The summed E-state index contributed by atoms with van der Waals surface area (Å²) in [5.41, 5.74) is 1.13. The molecule has 1 N–H and O–H groups in total. The number of rotatable bonds is 13. The molecule has 0 bridgehead atoms. The van der Waals surface area contributed by atoms with Crippen LogP contribution in [0, 0.1) is 5.92 Å². The highest BCUT2D eigenvalue weighted by atomic mass is 16.6. The molecule has 0 aromatic heterocycles. The first-order valence-electron chi connectivity index (χ1n) is 12.7. The van der Waals surface area contributed by atoms with Crippen LogP contribution in [0.3, 0.4) is 0 Å². The second-order valence-electron chi connectivity index (χ2n) is 9.29. The van der Waals surface area contributed by atoms with Crippen LogP contribution in [0.4, 0.5) is 0 Å². The molecule has 0 radical (unpaired) electrons. The molecule has 0 spiro atoms. The molecule has 1 aliphatic carbocycles. The second-order valence-corrected chi connectivity index (χ2v) is 9.29. The van der Waals surface area contributed by atoms with Crippen LogP contribution in [0.25, 0.3) is 0 Å². The SMILES string of the molecule is CCCOC1CC(CC(Cc2ccc3c(c2)OCCO3)NC(=O)CCOc2ccc(OC)cc2)C1. The molecule has 4 rings (SSSR count). The molecule has 7 heteroatoms. The van der Waals surface area contributed by atoms with E-state index >= 15 is 0 Å². The lowest BCUT2D eigenvalue weighted by Gasteiger charge is -2.37. The van der Waals surface area contributed by atoms with Gasteiger partial charge in [-0.3, -0.25) is 4.79 Å². The summed E-state index contributed by atoms with van der Waals surface area (Å²) in [4.78, 5) is 12.8. The van der Waals surface area contributed by atoms with Gasteiger partial charge in [0.1, 0.15) is 24.7 Å². The van der Waals surface area contributed by atoms with Crippen molar-refractivity contribution in [2.45, 2.75) is 57.6 Å². The number of hydrogen-bond acceptors (Lipinski definition) is 6. The number of carbonyl (C=O) groups is 1. The van der Waals surface area contributed by atoms with E-state index in [1.165, 1.54) is 0 Å². The van der Waals surface area contributed by atoms with Crippen LogP contribution >= 0.6 is 0 Å². The van der Waals surface area contributed by atoms with Crippen molar-refractivity contribution in [1.82, 2.24) is 5.32 Å². The van der Waals surface area contributed by atoms with Gasteiger partial charge < -0.3 is 29.0 Å². The molecule has 2 aromatic rings. The normalized spacial score (nSPS) is 19.4. The van der Waals surface area contributed by atoms with Crippen molar-refractivity contribution in [3.05, 3.63) is 48.0 Å². The fourth-order valence-corrected chi connectivity index (χ4v) is 4.62. The molecule has 1 unspecified atom stereocenters. The minimum absolute atomic E-state index is 0.000776. The second kappa shape index (κ2) is 12.7. The molecule has 2 aromatic carbocycles. The third kappa shape index (κ3) is 7.52. The number of hydrogen-bond donors (Lipinski definition) is 1. The van der Waals surface area contributed by atoms with E-state index in [0.717, 1.165) is 67.3 Å². The van der Waals surface area contributed by atoms with Crippen molar-refractivity contribution >= 4 is 5.91 Å². The summed E-state index contributed by atoms with van der Waals surface area (Å²) in [6.45, 7) is 4.42. The zero-order valence-corrected chi connectivity index (χ0v) is 20.8. The predicted molar refractivity (Wildman–Crippen MR) is 134 cm³/mol. The first-order valence-corrected chi connectivity index (χ1v) is 12.7. The Morgan fingerprint density at radius 3 is 2.51 bits per heavy atom. The zero-order chi connectivity index (χ0) is 24.5. The van der Waals surface area contributed by atoms with E-state index in [1.54, 1.807) is 7.11 Å². The quantitative estimate of drug-likeness (QED) is 0.450. The number of methoxy groups -OCH3 is 1. The molecule has 1 fully saturated rings. The summed E-state index contributed by atoms with van der Waals surface area (Å²) < 4.78 is 28.2. The molecular weight excluding hydrogens is 446 g/mol. The van der Waals surface area contributed by atoms with Crippen LogP contribution in [0.15, 0.2) is 42.5 Å². The molecule has 7 nitrogen and oxygen atoms in total. The van der Waals surface area contributed by atoms with E-state index in [1.807, 2.05) is 36.4 Å².